The minimum atomic E-state index is -0.501. The molecular formula is C26H38N2O4. The van der Waals surface area contributed by atoms with Crippen LogP contribution in [0.1, 0.15) is 69.3 Å². The fraction of sp³-hybridized carbons (Fsp3) is 0.615. The molecule has 2 aliphatic heterocycles. The molecule has 1 aromatic carbocycles. The average molecular weight is 443 g/mol. The zero-order chi connectivity index (χ0) is 23.3. The van der Waals surface area contributed by atoms with Crippen molar-refractivity contribution in [2.24, 2.45) is 11.8 Å². The fourth-order valence-corrected chi connectivity index (χ4v) is 4.48. The molecule has 0 radical (unpaired) electrons. The van der Waals surface area contributed by atoms with E-state index in [4.69, 9.17) is 4.74 Å². The van der Waals surface area contributed by atoms with Gasteiger partial charge in [-0.3, -0.25) is 4.79 Å². The van der Waals surface area contributed by atoms with Crippen LogP contribution in [-0.2, 0) is 4.74 Å². The van der Waals surface area contributed by atoms with Crippen LogP contribution in [0.2, 0.25) is 0 Å². The Morgan fingerprint density at radius 1 is 1.06 bits per heavy atom. The summed E-state index contributed by atoms with van der Waals surface area (Å²) in [5.41, 5.74) is 1.11. The summed E-state index contributed by atoms with van der Waals surface area (Å²) in [5.74, 6) is 0.170. The van der Waals surface area contributed by atoms with Gasteiger partial charge in [0.15, 0.2) is 0 Å². The van der Waals surface area contributed by atoms with Crippen LogP contribution in [0, 0.1) is 11.8 Å². The highest BCUT2D eigenvalue weighted by atomic mass is 16.6. The Kier molecular flexibility index (Phi) is 7.99. The first kappa shape index (κ1) is 24.3. The lowest BCUT2D eigenvalue weighted by atomic mass is 9.84. The van der Waals surface area contributed by atoms with Gasteiger partial charge in [0, 0.05) is 37.7 Å². The molecule has 0 aliphatic carbocycles. The largest absolute Gasteiger partial charge is 0.444 e. The summed E-state index contributed by atoms with van der Waals surface area (Å²) in [7, 11) is 0. The average Bonchev–Trinajstić information content (AvgIpc) is 3.30. The van der Waals surface area contributed by atoms with Gasteiger partial charge in [-0.1, -0.05) is 37.3 Å². The lowest BCUT2D eigenvalue weighted by Crippen LogP contribution is -2.44. The Balaban J connectivity index is 1.57. The van der Waals surface area contributed by atoms with E-state index in [1.807, 2.05) is 69.0 Å². The molecule has 3 rings (SSSR count). The molecule has 2 amide bonds. The number of hydrogen-bond donors (Lipinski definition) is 1. The summed E-state index contributed by atoms with van der Waals surface area (Å²) >= 11 is 0. The smallest absolute Gasteiger partial charge is 0.410 e. The van der Waals surface area contributed by atoms with Crippen LogP contribution in [0.25, 0.3) is 6.08 Å². The highest BCUT2D eigenvalue weighted by molar-refractivity contribution is 5.97. The zero-order valence-corrected chi connectivity index (χ0v) is 19.9. The quantitative estimate of drug-likeness (QED) is 0.725. The van der Waals surface area contributed by atoms with Crippen LogP contribution >= 0.6 is 0 Å². The van der Waals surface area contributed by atoms with Gasteiger partial charge in [0.25, 0.3) is 5.91 Å². The highest BCUT2D eigenvalue weighted by Gasteiger charge is 2.31. The maximum Gasteiger partial charge on any atom is 0.410 e. The van der Waals surface area contributed by atoms with Crippen molar-refractivity contribution < 1.29 is 19.4 Å². The molecule has 2 saturated heterocycles. The molecule has 176 valence electrons. The minimum Gasteiger partial charge on any atom is -0.444 e. The number of hydrogen-bond acceptors (Lipinski definition) is 4. The van der Waals surface area contributed by atoms with Crippen LogP contribution in [0.4, 0.5) is 4.79 Å². The molecule has 0 bridgehead atoms. The Labute approximate surface area is 192 Å². The third-order valence-electron chi connectivity index (χ3n) is 6.38. The van der Waals surface area contributed by atoms with E-state index >= 15 is 0 Å². The first-order valence-corrected chi connectivity index (χ1v) is 11.9. The number of carbonyl (C=O) groups is 2. The standard InChI is InChI=1S/C26H38N2O4/c1-19(23(29)21-13-17-28(18-14-21)25(31)32-26(2,3)4)11-12-20-9-5-6-10-22(20)24(30)27-15-7-8-16-27/h5-6,9-12,19,21,23,29H,7-8,13-18H2,1-4H3/b12-11+/t19-,23+/m1/s1. The molecule has 2 atom stereocenters. The summed E-state index contributed by atoms with van der Waals surface area (Å²) in [6, 6.07) is 7.68. The number of carbonyl (C=O) groups excluding carboxylic acids is 2. The van der Waals surface area contributed by atoms with Gasteiger partial charge >= 0.3 is 6.09 Å². The third kappa shape index (κ3) is 6.35. The van der Waals surface area contributed by atoms with E-state index in [2.05, 4.69) is 0 Å². The third-order valence-corrected chi connectivity index (χ3v) is 6.38. The topological polar surface area (TPSA) is 70.1 Å². The number of rotatable bonds is 5. The first-order valence-electron chi connectivity index (χ1n) is 11.9. The lowest BCUT2D eigenvalue weighted by Gasteiger charge is -2.36. The summed E-state index contributed by atoms with van der Waals surface area (Å²) in [4.78, 5) is 28.8. The molecule has 6 nitrogen and oxygen atoms in total. The number of benzene rings is 1. The second kappa shape index (κ2) is 10.5. The van der Waals surface area contributed by atoms with Crippen molar-refractivity contribution in [3.05, 3.63) is 41.5 Å². The normalized spacial score (nSPS) is 19.9. The van der Waals surface area contributed by atoms with E-state index in [1.54, 1.807) is 4.90 Å². The molecule has 1 aromatic rings. The summed E-state index contributed by atoms with van der Waals surface area (Å²) < 4.78 is 5.46. The van der Waals surface area contributed by atoms with E-state index in [-0.39, 0.29) is 23.8 Å². The molecule has 2 heterocycles. The summed E-state index contributed by atoms with van der Waals surface area (Å²) in [5, 5.41) is 10.9. The maximum absolute atomic E-state index is 12.9. The van der Waals surface area contributed by atoms with Crippen LogP contribution in [0.3, 0.4) is 0 Å². The molecule has 2 fully saturated rings. The SMILES string of the molecule is C[C@H](/C=C/c1ccccc1C(=O)N1CCCC1)[C@H](O)C1CCN(C(=O)OC(C)(C)C)CC1. The van der Waals surface area contributed by atoms with Gasteiger partial charge in [0.05, 0.1) is 6.10 Å². The van der Waals surface area contributed by atoms with E-state index in [1.165, 1.54) is 0 Å². The Hall–Kier alpha value is -2.34. The molecule has 0 spiro atoms. The molecule has 0 unspecified atom stereocenters. The second-order valence-corrected chi connectivity index (χ2v) is 10.1. The molecule has 2 aliphatic rings. The van der Waals surface area contributed by atoms with Gasteiger partial charge in [0.2, 0.25) is 0 Å². The number of aliphatic hydroxyl groups is 1. The van der Waals surface area contributed by atoms with Gasteiger partial charge in [-0.15, -0.1) is 0 Å². The number of nitrogens with zero attached hydrogens (tertiary/aromatic N) is 2. The van der Waals surface area contributed by atoms with E-state index in [9.17, 15) is 14.7 Å². The number of piperidine rings is 1. The van der Waals surface area contributed by atoms with Crippen molar-refractivity contribution in [1.82, 2.24) is 9.80 Å². The maximum atomic E-state index is 12.9. The lowest BCUT2D eigenvalue weighted by molar-refractivity contribution is 0.00264. The van der Waals surface area contributed by atoms with Crippen LogP contribution in [-0.4, -0.2) is 64.8 Å². The Morgan fingerprint density at radius 3 is 2.31 bits per heavy atom. The van der Waals surface area contributed by atoms with E-state index < -0.39 is 11.7 Å². The van der Waals surface area contributed by atoms with Crippen molar-refractivity contribution in [3.63, 3.8) is 0 Å². The molecule has 32 heavy (non-hydrogen) atoms. The van der Waals surface area contributed by atoms with Crippen LogP contribution in [0.5, 0.6) is 0 Å². The van der Waals surface area contributed by atoms with Crippen molar-refractivity contribution in [2.75, 3.05) is 26.2 Å². The van der Waals surface area contributed by atoms with Gasteiger partial charge in [-0.05, 0) is 64.0 Å². The summed E-state index contributed by atoms with van der Waals surface area (Å²) in [6.45, 7) is 10.5. The van der Waals surface area contributed by atoms with Crippen LogP contribution < -0.4 is 0 Å². The van der Waals surface area contributed by atoms with Gasteiger partial charge in [0.1, 0.15) is 5.60 Å². The van der Waals surface area contributed by atoms with Gasteiger partial charge in [-0.2, -0.15) is 0 Å². The monoisotopic (exact) mass is 442 g/mol. The number of aliphatic hydroxyl groups excluding tert-OH is 1. The number of likely N-dealkylation sites (tertiary alicyclic amines) is 2. The van der Waals surface area contributed by atoms with Gasteiger partial charge < -0.3 is 19.6 Å². The van der Waals surface area contributed by atoms with E-state index in [0.717, 1.165) is 49.9 Å². The summed E-state index contributed by atoms with van der Waals surface area (Å²) in [6.07, 6.45) is 6.84. The van der Waals surface area contributed by atoms with Crippen molar-refractivity contribution >= 4 is 18.1 Å². The predicted octanol–water partition coefficient (Wildman–Crippen LogP) is 4.58. The second-order valence-electron chi connectivity index (χ2n) is 10.1. The number of ether oxygens (including phenoxy) is 1. The zero-order valence-electron chi connectivity index (χ0n) is 19.9. The van der Waals surface area contributed by atoms with E-state index in [0.29, 0.717) is 13.1 Å². The molecule has 0 saturated carbocycles. The molecule has 6 heteroatoms. The fourth-order valence-electron chi connectivity index (χ4n) is 4.48. The van der Waals surface area contributed by atoms with Gasteiger partial charge in [-0.25, -0.2) is 4.79 Å². The van der Waals surface area contributed by atoms with Crippen LogP contribution in [0.15, 0.2) is 30.3 Å². The first-order chi connectivity index (χ1) is 15.2. The van der Waals surface area contributed by atoms with Crippen molar-refractivity contribution in [2.45, 2.75) is 65.1 Å². The Bertz CT molecular complexity index is 815. The van der Waals surface area contributed by atoms with Crippen molar-refractivity contribution in [1.29, 1.82) is 0 Å². The highest BCUT2D eigenvalue weighted by Crippen LogP contribution is 2.27. The molecule has 1 N–H and O–H groups in total. The molecular weight excluding hydrogens is 404 g/mol. The Morgan fingerprint density at radius 2 is 1.69 bits per heavy atom. The number of amides is 2. The predicted molar refractivity (Wildman–Crippen MR) is 126 cm³/mol. The van der Waals surface area contributed by atoms with Crippen molar-refractivity contribution in [3.8, 4) is 0 Å². The minimum absolute atomic E-state index is 0.0528. The molecule has 0 aromatic heterocycles.